The van der Waals surface area contributed by atoms with Crippen molar-refractivity contribution in [2.75, 3.05) is 46.4 Å². The minimum atomic E-state index is -0.107. The van der Waals surface area contributed by atoms with E-state index >= 15 is 0 Å². The van der Waals surface area contributed by atoms with Gasteiger partial charge in [0, 0.05) is 37.7 Å². The second-order valence-corrected chi connectivity index (χ2v) is 7.90. The Labute approximate surface area is 178 Å². The molecule has 0 radical (unpaired) electrons. The number of ether oxygens (including phenoxy) is 1. The van der Waals surface area contributed by atoms with Crippen LogP contribution in [0.3, 0.4) is 0 Å². The summed E-state index contributed by atoms with van der Waals surface area (Å²) in [5.41, 5.74) is 1.74. The average Bonchev–Trinajstić information content (AvgIpc) is 2.75. The molecule has 2 aromatic carbocycles. The van der Waals surface area contributed by atoms with Gasteiger partial charge in [-0.3, -0.25) is 9.69 Å². The summed E-state index contributed by atoms with van der Waals surface area (Å²) in [4.78, 5) is 17.7. The first-order valence-corrected chi connectivity index (χ1v) is 10.6. The fourth-order valence-electron chi connectivity index (χ4n) is 3.55. The highest BCUT2D eigenvalue weighted by molar-refractivity contribution is 6.30. The molecule has 0 bridgehead atoms. The number of hydrogen-bond acceptors (Lipinski definition) is 4. The van der Waals surface area contributed by atoms with Crippen molar-refractivity contribution < 1.29 is 9.53 Å². The number of likely N-dealkylation sites (N-methyl/N-ethyl adjacent to an activating group) is 1. The highest BCUT2D eigenvalue weighted by Crippen LogP contribution is 2.24. The van der Waals surface area contributed by atoms with Crippen molar-refractivity contribution in [1.29, 1.82) is 0 Å². The van der Waals surface area contributed by atoms with Gasteiger partial charge in [0.25, 0.3) is 5.91 Å². The highest BCUT2D eigenvalue weighted by Gasteiger charge is 2.25. The van der Waals surface area contributed by atoms with Crippen LogP contribution in [0.4, 0.5) is 0 Å². The van der Waals surface area contributed by atoms with Crippen molar-refractivity contribution in [3.63, 3.8) is 0 Å². The number of amides is 1. The zero-order valence-electron chi connectivity index (χ0n) is 17.2. The van der Waals surface area contributed by atoms with Crippen LogP contribution >= 0.6 is 11.6 Å². The van der Waals surface area contributed by atoms with Crippen LogP contribution in [0, 0.1) is 0 Å². The Kier molecular flexibility index (Phi) is 7.92. The molecule has 1 N–H and O–H groups in total. The number of piperazine rings is 1. The smallest absolute Gasteiger partial charge is 0.255 e. The monoisotopic (exact) mass is 415 g/mol. The van der Waals surface area contributed by atoms with Crippen LogP contribution in [0.5, 0.6) is 5.75 Å². The molecular formula is C23H30ClN3O2. The molecule has 1 fully saturated rings. The fraction of sp³-hybridized carbons (Fsp3) is 0.435. The summed E-state index contributed by atoms with van der Waals surface area (Å²) in [6.07, 6.45) is 0.901. The molecule has 3 rings (SSSR count). The fourth-order valence-corrected chi connectivity index (χ4v) is 3.68. The summed E-state index contributed by atoms with van der Waals surface area (Å²) < 4.78 is 5.75. The molecule has 0 aromatic heterocycles. The first-order valence-electron chi connectivity index (χ1n) is 10.3. The van der Waals surface area contributed by atoms with E-state index in [-0.39, 0.29) is 11.9 Å². The third kappa shape index (κ3) is 5.95. The maximum Gasteiger partial charge on any atom is 0.255 e. The summed E-state index contributed by atoms with van der Waals surface area (Å²) in [7, 11) is 2.14. The van der Waals surface area contributed by atoms with Gasteiger partial charge in [-0.2, -0.15) is 0 Å². The summed E-state index contributed by atoms with van der Waals surface area (Å²) in [6, 6.07) is 15.5. The standard InChI is InChI=1S/C23H30ClN3O2/c1-3-16-29-22-7-5-4-6-20(22)23(28)25-17-21(18-8-10-19(24)11-9-18)27-14-12-26(2)13-15-27/h4-11,21H,3,12-17H2,1-2H3,(H,25,28). The second kappa shape index (κ2) is 10.6. The Hall–Kier alpha value is -2.08. The summed E-state index contributed by atoms with van der Waals surface area (Å²) in [6.45, 7) is 7.16. The van der Waals surface area contributed by atoms with Crippen LogP contribution in [0.15, 0.2) is 48.5 Å². The van der Waals surface area contributed by atoms with E-state index in [1.54, 1.807) is 0 Å². The Morgan fingerprint density at radius 3 is 2.48 bits per heavy atom. The topological polar surface area (TPSA) is 44.8 Å². The second-order valence-electron chi connectivity index (χ2n) is 7.46. The van der Waals surface area contributed by atoms with E-state index < -0.39 is 0 Å². The van der Waals surface area contributed by atoms with Crippen molar-refractivity contribution in [1.82, 2.24) is 15.1 Å². The number of hydrogen-bond donors (Lipinski definition) is 1. The molecule has 1 aliphatic rings. The zero-order chi connectivity index (χ0) is 20.6. The van der Waals surface area contributed by atoms with E-state index in [0.717, 1.165) is 43.2 Å². The molecule has 2 aromatic rings. The van der Waals surface area contributed by atoms with Crippen molar-refractivity contribution >= 4 is 17.5 Å². The van der Waals surface area contributed by atoms with E-state index in [2.05, 4.69) is 41.2 Å². The summed E-state index contributed by atoms with van der Waals surface area (Å²) in [5.74, 6) is 0.527. The van der Waals surface area contributed by atoms with Crippen molar-refractivity contribution in [3.05, 3.63) is 64.7 Å². The number of rotatable bonds is 8. The Balaban J connectivity index is 1.73. The number of halogens is 1. The Morgan fingerprint density at radius 1 is 1.10 bits per heavy atom. The van der Waals surface area contributed by atoms with E-state index in [1.807, 2.05) is 36.4 Å². The molecule has 0 spiro atoms. The molecule has 1 unspecified atom stereocenters. The van der Waals surface area contributed by atoms with Crippen LogP contribution in [-0.2, 0) is 0 Å². The van der Waals surface area contributed by atoms with Gasteiger partial charge in [0.05, 0.1) is 18.2 Å². The van der Waals surface area contributed by atoms with Crippen LogP contribution < -0.4 is 10.1 Å². The first kappa shape index (κ1) is 21.6. The minimum absolute atomic E-state index is 0.105. The van der Waals surface area contributed by atoms with Crippen LogP contribution in [0.2, 0.25) is 5.02 Å². The van der Waals surface area contributed by atoms with Gasteiger partial charge in [0.15, 0.2) is 0 Å². The Bertz CT molecular complexity index is 789. The van der Waals surface area contributed by atoms with E-state index in [4.69, 9.17) is 16.3 Å². The third-order valence-corrected chi connectivity index (χ3v) is 5.53. The molecule has 156 valence electrons. The Morgan fingerprint density at radius 2 is 1.79 bits per heavy atom. The molecule has 0 saturated carbocycles. The highest BCUT2D eigenvalue weighted by atomic mass is 35.5. The third-order valence-electron chi connectivity index (χ3n) is 5.28. The molecular weight excluding hydrogens is 386 g/mol. The molecule has 5 nitrogen and oxygen atoms in total. The SMILES string of the molecule is CCCOc1ccccc1C(=O)NCC(c1ccc(Cl)cc1)N1CCN(C)CC1. The van der Waals surface area contributed by atoms with E-state index in [1.165, 1.54) is 0 Å². The van der Waals surface area contributed by atoms with Crippen molar-refractivity contribution in [2.45, 2.75) is 19.4 Å². The van der Waals surface area contributed by atoms with E-state index in [0.29, 0.717) is 24.5 Å². The molecule has 29 heavy (non-hydrogen) atoms. The van der Waals surface area contributed by atoms with Crippen molar-refractivity contribution in [2.24, 2.45) is 0 Å². The molecule has 0 aliphatic carbocycles. The van der Waals surface area contributed by atoms with Gasteiger partial charge in [0.2, 0.25) is 0 Å². The normalized spacial score (nSPS) is 16.4. The number of nitrogens with zero attached hydrogens (tertiary/aromatic N) is 2. The quantitative estimate of drug-likeness (QED) is 0.711. The van der Waals surface area contributed by atoms with E-state index in [9.17, 15) is 4.79 Å². The number of para-hydroxylation sites is 1. The lowest BCUT2D eigenvalue weighted by Crippen LogP contribution is -2.48. The van der Waals surface area contributed by atoms with Gasteiger partial charge < -0.3 is 15.0 Å². The number of benzene rings is 2. The molecule has 1 aliphatic heterocycles. The molecule has 1 heterocycles. The average molecular weight is 416 g/mol. The van der Waals surface area contributed by atoms with Gasteiger partial charge in [-0.15, -0.1) is 0 Å². The lowest BCUT2D eigenvalue weighted by Gasteiger charge is -2.38. The van der Waals surface area contributed by atoms with Gasteiger partial charge in [0.1, 0.15) is 5.75 Å². The lowest BCUT2D eigenvalue weighted by atomic mass is 10.0. The van der Waals surface area contributed by atoms with Crippen LogP contribution in [0.1, 0.15) is 35.3 Å². The number of nitrogens with one attached hydrogen (secondary N) is 1. The maximum atomic E-state index is 12.9. The predicted octanol–water partition coefficient (Wildman–Crippen LogP) is 3.85. The van der Waals surface area contributed by atoms with Gasteiger partial charge in [-0.1, -0.05) is 42.8 Å². The van der Waals surface area contributed by atoms with Gasteiger partial charge in [-0.05, 0) is 43.3 Å². The summed E-state index contributed by atoms with van der Waals surface area (Å²) >= 11 is 6.08. The molecule has 1 atom stereocenters. The van der Waals surface area contributed by atoms with Crippen molar-refractivity contribution in [3.8, 4) is 5.75 Å². The molecule has 6 heteroatoms. The summed E-state index contributed by atoms with van der Waals surface area (Å²) in [5, 5.41) is 3.85. The number of carbonyl (C=O) groups is 1. The first-order chi connectivity index (χ1) is 14.1. The largest absolute Gasteiger partial charge is 0.493 e. The minimum Gasteiger partial charge on any atom is -0.493 e. The van der Waals surface area contributed by atoms with Crippen LogP contribution in [0.25, 0.3) is 0 Å². The lowest BCUT2D eigenvalue weighted by molar-refractivity contribution is 0.0883. The van der Waals surface area contributed by atoms with Gasteiger partial charge in [-0.25, -0.2) is 0 Å². The molecule has 1 saturated heterocycles. The number of carbonyl (C=O) groups excluding carboxylic acids is 1. The van der Waals surface area contributed by atoms with Crippen LogP contribution in [-0.4, -0.2) is 62.1 Å². The maximum absolute atomic E-state index is 12.9. The predicted molar refractivity (Wildman–Crippen MR) is 118 cm³/mol. The van der Waals surface area contributed by atoms with Gasteiger partial charge >= 0.3 is 0 Å². The molecule has 1 amide bonds. The zero-order valence-corrected chi connectivity index (χ0v) is 18.0.